The zero-order valence-corrected chi connectivity index (χ0v) is 18.1. The Labute approximate surface area is 184 Å². The first-order valence-electron chi connectivity index (χ1n) is 10.8. The van der Waals surface area contributed by atoms with Crippen molar-refractivity contribution in [2.24, 2.45) is 11.3 Å². The molecule has 0 radical (unpaired) electrons. The lowest BCUT2D eigenvalue weighted by molar-refractivity contribution is -0.192. The second kappa shape index (κ2) is 10.2. The van der Waals surface area contributed by atoms with Gasteiger partial charge in [0.05, 0.1) is 12.7 Å². The quantitative estimate of drug-likeness (QED) is 0.727. The van der Waals surface area contributed by atoms with Crippen molar-refractivity contribution >= 4 is 11.9 Å². The molecule has 1 N–H and O–H groups in total. The topological polar surface area (TPSA) is 89.0 Å². The molecule has 0 spiro atoms. The lowest BCUT2D eigenvalue weighted by atomic mass is 9.73. The highest BCUT2D eigenvalue weighted by Crippen LogP contribution is 2.41. The van der Waals surface area contributed by atoms with E-state index in [-0.39, 0.29) is 17.4 Å². The molecule has 2 aliphatic heterocycles. The number of carboxylic acids is 1. The van der Waals surface area contributed by atoms with Crippen LogP contribution in [-0.2, 0) is 14.3 Å². The number of aromatic nitrogens is 1. The van der Waals surface area contributed by atoms with Crippen molar-refractivity contribution in [3.05, 3.63) is 29.6 Å². The number of carboxylic acid groups (broad SMARTS) is 1. The number of piperidine rings is 1. The van der Waals surface area contributed by atoms with Crippen LogP contribution in [0.3, 0.4) is 0 Å². The average molecular weight is 458 g/mol. The first kappa shape index (κ1) is 24.4. The van der Waals surface area contributed by atoms with E-state index in [2.05, 4.69) is 4.98 Å². The molecule has 3 fully saturated rings. The van der Waals surface area contributed by atoms with E-state index in [0.717, 1.165) is 57.2 Å². The summed E-state index contributed by atoms with van der Waals surface area (Å²) >= 11 is 0. The molecular formula is C22H29F3N2O5. The van der Waals surface area contributed by atoms with Gasteiger partial charge in [-0.3, -0.25) is 4.79 Å². The first-order valence-corrected chi connectivity index (χ1v) is 10.8. The number of aryl methyl sites for hydroxylation is 1. The normalized spacial score (nSPS) is 25.4. The molecule has 32 heavy (non-hydrogen) atoms. The molecule has 0 bridgehead atoms. The summed E-state index contributed by atoms with van der Waals surface area (Å²) in [7, 11) is 0. The zero-order chi connectivity index (χ0) is 23.4. The number of hydrogen-bond acceptors (Lipinski definition) is 5. The van der Waals surface area contributed by atoms with Crippen molar-refractivity contribution in [3.63, 3.8) is 0 Å². The molecule has 1 aromatic rings. The van der Waals surface area contributed by atoms with Crippen molar-refractivity contribution < 1.29 is 37.3 Å². The molecular weight excluding hydrogens is 429 g/mol. The van der Waals surface area contributed by atoms with Crippen molar-refractivity contribution in [1.82, 2.24) is 9.88 Å². The SMILES string of the molecule is Cc1cccc(C(=O)N2CCC3OCCCC3(COCC3CC3)C2)n1.O=C(O)C(F)(F)F. The summed E-state index contributed by atoms with van der Waals surface area (Å²) in [5.41, 5.74) is 1.37. The van der Waals surface area contributed by atoms with E-state index in [1.54, 1.807) is 0 Å². The van der Waals surface area contributed by atoms with Gasteiger partial charge >= 0.3 is 12.1 Å². The Morgan fingerprint density at radius 2 is 2.03 bits per heavy atom. The molecule has 3 heterocycles. The maximum atomic E-state index is 12.9. The second-order valence-electron chi connectivity index (χ2n) is 8.77. The molecule has 1 aromatic heterocycles. The summed E-state index contributed by atoms with van der Waals surface area (Å²) in [5, 5.41) is 7.12. The van der Waals surface area contributed by atoms with E-state index in [9.17, 15) is 18.0 Å². The zero-order valence-electron chi connectivity index (χ0n) is 18.1. The summed E-state index contributed by atoms with van der Waals surface area (Å²) in [6.45, 7) is 5.79. The van der Waals surface area contributed by atoms with Gasteiger partial charge in [-0.25, -0.2) is 9.78 Å². The predicted octanol–water partition coefficient (Wildman–Crippen LogP) is 3.46. The molecule has 7 nitrogen and oxygen atoms in total. The molecule has 3 aliphatic rings. The van der Waals surface area contributed by atoms with E-state index in [1.807, 2.05) is 30.0 Å². The number of aliphatic carboxylic acids is 1. The minimum absolute atomic E-state index is 0.0364. The number of rotatable bonds is 5. The van der Waals surface area contributed by atoms with Crippen molar-refractivity contribution in [3.8, 4) is 0 Å². The average Bonchev–Trinajstić information content (AvgIpc) is 3.57. The highest BCUT2D eigenvalue weighted by Gasteiger charge is 2.47. The Morgan fingerprint density at radius 3 is 2.66 bits per heavy atom. The third-order valence-corrected chi connectivity index (χ3v) is 6.07. The van der Waals surface area contributed by atoms with Crippen LogP contribution in [-0.4, -0.2) is 72.1 Å². The smallest absolute Gasteiger partial charge is 0.475 e. The van der Waals surface area contributed by atoms with Crippen LogP contribution >= 0.6 is 0 Å². The lowest BCUT2D eigenvalue weighted by Gasteiger charge is -2.50. The Morgan fingerprint density at radius 1 is 1.31 bits per heavy atom. The van der Waals surface area contributed by atoms with Gasteiger partial charge in [0.2, 0.25) is 0 Å². The van der Waals surface area contributed by atoms with E-state index in [1.165, 1.54) is 12.8 Å². The third kappa shape index (κ3) is 6.41. The van der Waals surface area contributed by atoms with Crippen LogP contribution < -0.4 is 0 Å². The lowest BCUT2D eigenvalue weighted by Crippen LogP contribution is -2.58. The number of hydrogen-bond donors (Lipinski definition) is 1. The number of nitrogens with zero attached hydrogens (tertiary/aromatic N) is 2. The standard InChI is InChI=1S/C20H28N2O3.C2HF3O2/c1-15-4-2-5-17(21-15)19(23)22-10-8-18-20(13-22,9-3-11-25-18)14-24-12-16-6-7-16;3-2(4,5)1(6)7/h2,4-5,16,18H,3,6-14H2,1H3;(H,6,7). The number of amides is 1. The minimum atomic E-state index is -5.08. The molecule has 4 rings (SSSR count). The minimum Gasteiger partial charge on any atom is -0.475 e. The van der Waals surface area contributed by atoms with Gasteiger partial charge in [0, 0.05) is 37.4 Å². The molecule has 1 amide bonds. The Balaban J connectivity index is 0.000000360. The van der Waals surface area contributed by atoms with Gasteiger partial charge in [0.1, 0.15) is 5.69 Å². The van der Waals surface area contributed by atoms with Crippen LogP contribution in [0.25, 0.3) is 0 Å². The second-order valence-corrected chi connectivity index (χ2v) is 8.77. The predicted molar refractivity (Wildman–Crippen MR) is 108 cm³/mol. The fourth-order valence-corrected chi connectivity index (χ4v) is 4.21. The Hall–Kier alpha value is -2.20. The molecule has 2 saturated heterocycles. The summed E-state index contributed by atoms with van der Waals surface area (Å²) < 4.78 is 43.9. The van der Waals surface area contributed by atoms with Gasteiger partial charge in [0.25, 0.3) is 5.91 Å². The molecule has 2 unspecified atom stereocenters. The van der Waals surface area contributed by atoms with Crippen LogP contribution in [0.1, 0.15) is 48.3 Å². The van der Waals surface area contributed by atoms with Crippen LogP contribution in [0.4, 0.5) is 13.2 Å². The Bertz CT molecular complexity index is 815. The van der Waals surface area contributed by atoms with Gasteiger partial charge in [-0.2, -0.15) is 13.2 Å². The van der Waals surface area contributed by atoms with Crippen molar-refractivity contribution in [2.75, 3.05) is 32.9 Å². The van der Waals surface area contributed by atoms with Crippen LogP contribution in [0.2, 0.25) is 0 Å². The molecule has 1 saturated carbocycles. The third-order valence-electron chi connectivity index (χ3n) is 6.07. The van der Waals surface area contributed by atoms with Crippen LogP contribution in [0.5, 0.6) is 0 Å². The number of pyridine rings is 1. The number of fused-ring (bicyclic) bond motifs is 1. The maximum absolute atomic E-state index is 12.9. The number of likely N-dealkylation sites (tertiary alicyclic amines) is 1. The Kier molecular flexibility index (Phi) is 7.76. The number of halogens is 3. The van der Waals surface area contributed by atoms with E-state index in [4.69, 9.17) is 19.4 Å². The first-order chi connectivity index (χ1) is 15.1. The van der Waals surface area contributed by atoms with Crippen molar-refractivity contribution in [1.29, 1.82) is 0 Å². The monoisotopic (exact) mass is 458 g/mol. The molecule has 1 aliphatic carbocycles. The molecule has 2 atom stereocenters. The number of carbonyl (C=O) groups excluding carboxylic acids is 1. The summed E-state index contributed by atoms with van der Waals surface area (Å²) in [6, 6.07) is 5.64. The van der Waals surface area contributed by atoms with Gasteiger partial charge in [-0.1, -0.05) is 6.07 Å². The largest absolute Gasteiger partial charge is 0.490 e. The fraction of sp³-hybridized carbons (Fsp3) is 0.682. The summed E-state index contributed by atoms with van der Waals surface area (Å²) in [4.78, 5) is 28.2. The highest BCUT2D eigenvalue weighted by molar-refractivity contribution is 5.92. The number of carbonyl (C=O) groups is 2. The fourth-order valence-electron chi connectivity index (χ4n) is 4.21. The van der Waals surface area contributed by atoms with Crippen LogP contribution in [0, 0.1) is 18.3 Å². The molecule has 10 heteroatoms. The van der Waals surface area contributed by atoms with E-state index in [0.29, 0.717) is 12.3 Å². The summed E-state index contributed by atoms with van der Waals surface area (Å²) in [6.07, 6.45) is 0.758. The van der Waals surface area contributed by atoms with E-state index < -0.39 is 12.1 Å². The number of alkyl halides is 3. The van der Waals surface area contributed by atoms with Gasteiger partial charge < -0.3 is 19.5 Å². The molecule has 178 valence electrons. The van der Waals surface area contributed by atoms with Crippen LogP contribution in [0.15, 0.2) is 18.2 Å². The van der Waals surface area contributed by atoms with Crippen molar-refractivity contribution in [2.45, 2.75) is 51.3 Å². The number of ether oxygens (including phenoxy) is 2. The van der Waals surface area contributed by atoms with Gasteiger partial charge in [-0.05, 0) is 57.1 Å². The maximum Gasteiger partial charge on any atom is 0.490 e. The van der Waals surface area contributed by atoms with Gasteiger partial charge in [0.15, 0.2) is 0 Å². The van der Waals surface area contributed by atoms with E-state index >= 15 is 0 Å². The molecule has 0 aromatic carbocycles. The van der Waals surface area contributed by atoms with Gasteiger partial charge in [-0.15, -0.1) is 0 Å². The summed E-state index contributed by atoms with van der Waals surface area (Å²) in [5.74, 6) is -1.96. The highest BCUT2D eigenvalue weighted by atomic mass is 19.4.